The van der Waals surface area contributed by atoms with Crippen LogP contribution in [0.5, 0.6) is 0 Å². The third-order valence-electron chi connectivity index (χ3n) is 2.57. The molecule has 0 amide bonds. The lowest BCUT2D eigenvalue weighted by Crippen LogP contribution is -1.99. The number of rotatable bonds is 2. The highest BCUT2D eigenvalue weighted by atomic mass is 79.9. The minimum Gasteiger partial charge on any atom is -0.481 e. The standard InChI is InChI=1S/C11H8BrN3O2/c12-7-2-1-3-8-10(7)14-11-13-6(4-9(16)17)5-15(8)11/h1-3,5H,4H2,(H,13,14)(H,16,17). The quantitative estimate of drug-likeness (QED) is 0.761. The van der Waals surface area contributed by atoms with Crippen molar-refractivity contribution in [3.05, 3.63) is 34.6 Å². The lowest BCUT2D eigenvalue weighted by molar-refractivity contribution is -0.136. The summed E-state index contributed by atoms with van der Waals surface area (Å²) in [5.41, 5.74) is 2.45. The van der Waals surface area contributed by atoms with Crippen molar-refractivity contribution in [2.45, 2.75) is 6.42 Å². The predicted octanol–water partition coefficient (Wildman–Crippen LogP) is 2.21. The molecule has 0 atom stereocenters. The highest BCUT2D eigenvalue weighted by molar-refractivity contribution is 9.10. The molecule has 0 unspecified atom stereocenters. The zero-order valence-electron chi connectivity index (χ0n) is 8.64. The van der Waals surface area contributed by atoms with Gasteiger partial charge in [0, 0.05) is 16.4 Å². The zero-order valence-corrected chi connectivity index (χ0v) is 10.2. The predicted molar refractivity (Wildman–Crippen MR) is 66.1 cm³/mol. The smallest absolute Gasteiger partial charge is 0.309 e. The molecule has 0 saturated carbocycles. The Morgan fingerprint density at radius 3 is 3.12 bits per heavy atom. The third-order valence-corrected chi connectivity index (χ3v) is 3.21. The van der Waals surface area contributed by atoms with Crippen molar-refractivity contribution in [1.82, 2.24) is 14.4 Å². The summed E-state index contributed by atoms with van der Waals surface area (Å²) in [5, 5.41) is 8.73. The normalized spacial score (nSPS) is 11.4. The van der Waals surface area contributed by atoms with Crippen molar-refractivity contribution in [2.24, 2.45) is 0 Å². The van der Waals surface area contributed by atoms with Crippen molar-refractivity contribution < 1.29 is 9.90 Å². The summed E-state index contributed by atoms with van der Waals surface area (Å²) >= 11 is 3.43. The van der Waals surface area contributed by atoms with Gasteiger partial charge < -0.3 is 10.1 Å². The number of carboxylic acid groups (broad SMARTS) is 1. The van der Waals surface area contributed by atoms with Gasteiger partial charge in [0.05, 0.1) is 11.9 Å². The van der Waals surface area contributed by atoms with Crippen molar-refractivity contribution >= 4 is 38.7 Å². The molecule has 0 spiro atoms. The van der Waals surface area contributed by atoms with Gasteiger partial charge in [-0.3, -0.25) is 9.20 Å². The first-order chi connectivity index (χ1) is 8.15. The molecule has 0 aliphatic carbocycles. The summed E-state index contributed by atoms with van der Waals surface area (Å²) in [6, 6.07) is 5.79. The van der Waals surface area contributed by atoms with E-state index in [9.17, 15) is 4.79 Å². The van der Waals surface area contributed by atoms with E-state index >= 15 is 0 Å². The molecule has 0 saturated heterocycles. The highest BCUT2D eigenvalue weighted by Gasteiger charge is 2.11. The van der Waals surface area contributed by atoms with Crippen LogP contribution < -0.4 is 0 Å². The SMILES string of the molecule is O=C(O)Cc1cn2c(nc3c(Br)cccc32)[nH]1. The average molecular weight is 294 g/mol. The molecule has 3 rings (SSSR count). The van der Waals surface area contributed by atoms with E-state index in [1.807, 2.05) is 22.6 Å². The number of H-pyrrole nitrogens is 1. The Bertz CT molecular complexity index is 729. The first-order valence-corrected chi connectivity index (χ1v) is 5.80. The van der Waals surface area contributed by atoms with Crippen LogP contribution in [-0.2, 0) is 11.2 Å². The monoisotopic (exact) mass is 293 g/mol. The van der Waals surface area contributed by atoms with E-state index in [0.717, 1.165) is 15.5 Å². The number of hydrogen-bond acceptors (Lipinski definition) is 2. The molecule has 3 aromatic rings. The second kappa shape index (κ2) is 3.59. The zero-order chi connectivity index (χ0) is 12.0. The van der Waals surface area contributed by atoms with Crippen LogP contribution in [0.25, 0.3) is 16.8 Å². The lowest BCUT2D eigenvalue weighted by atomic mass is 10.3. The molecular formula is C11H8BrN3O2. The van der Waals surface area contributed by atoms with E-state index in [1.54, 1.807) is 6.20 Å². The number of carbonyl (C=O) groups is 1. The molecule has 5 nitrogen and oxygen atoms in total. The maximum atomic E-state index is 10.6. The van der Waals surface area contributed by atoms with Gasteiger partial charge in [-0.2, -0.15) is 0 Å². The van der Waals surface area contributed by atoms with Crippen LogP contribution >= 0.6 is 15.9 Å². The number of nitrogens with one attached hydrogen (secondary N) is 1. The molecule has 6 heteroatoms. The number of para-hydroxylation sites is 1. The van der Waals surface area contributed by atoms with Gasteiger partial charge in [0.1, 0.15) is 5.52 Å². The van der Waals surface area contributed by atoms with Crippen molar-refractivity contribution in [3.8, 4) is 0 Å². The first kappa shape index (κ1) is 10.3. The lowest BCUT2D eigenvalue weighted by Gasteiger charge is -1.92. The molecule has 17 heavy (non-hydrogen) atoms. The van der Waals surface area contributed by atoms with Gasteiger partial charge in [0.25, 0.3) is 0 Å². The average Bonchev–Trinajstić information content (AvgIpc) is 2.75. The molecule has 86 valence electrons. The molecule has 0 bridgehead atoms. The molecule has 0 radical (unpaired) electrons. The number of aromatic amines is 1. The first-order valence-electron chi connectivity index (χ1n) is 5.01. The van der Waals surface area contributed by atoms with Gasteiger partial charge >= 0.3 is 5.97 Å². The molecule has 0 fully saturated rings. The minimum atomic E-state index is -0.861. The van der Waals surface area contributed by atoms with Crippen molar-refractivity contribution in [2.75, 3.05) is 0 Å². The Morgan fingerprint density at radius 1 is 1.53 bits per heavy atom. The van der Waals surface area contributed by atoms with E-state index in [1.165, 1.54) is 0 Å². The summed E-state index contributed by atoms with van der Waals surface area (Å²) in [7, 11) is 0. The Hall–Kier alpha value is -1.82. The number of nitrogens with zero attached hydrogens (tertiary/aromatic N) is 2. The minimum absolute atomic E-state index is 0.0289. The van der Waals surface area contributed by atoms with Crippen molar-refractivity contribution in [3.63, 3.8) is 0 Å². The van der Waals surface area contributed by atoms with Crippen LogP contribution in [0.15, 0.2) is 28.9 Å². The number of halogens is 1. The Kier molecular flexibility index (Phi) is 2.19. The summed E-state index contributed by atoms with van der Waals surface area (Å²) < 4.78 is 2.78. The van der Waals surface area contributed by atoms with Crippen LogP contribution in [0, 0.1) is 0 Å². The van der Waals surface area contributed by atoms with Crippen LogP contribution in [0.2, 0.25) is 0 Å². The van der Waals surface area contributed by atoms with Gasteiger partial charge in [-0.05, 0) is 28.1 Å². The maximum absolute atomic E-state index is 10.6. The summed E-state index contributed by atoms with van der Waals surface area (Å²) in [5.74, 6) is -0.205. The highest BCUT2D eigenvalue weighted by Crippen LogP contribution is 2.24. The topological polar surface area (TPSA) is 70.4 Å². The Morgan fingerprint density at radius 2 is 2.35 bits per heavy atom. The largest absolute Gasteiger partial charge is 0.481 e. The van der Waals surface area contributed by atoms with Gasteiger partial charge in [-0.1, -0.05) is 6.07 Å². The van der Waals surface area contributed by atoms with E-state index in [2.05, 4.69) is 25.9 Å². The second-order valence-electron chi connectivity index (χ2n) is 3.76. The second-order valence-corrected chi connectivity index (χ2v) is 4.62. The van der Waals surface area contributed by atoms with Crippen LogP contribution in [0.4, 0.5) is 0 Å². The molecule has 2 aromatic heterocycles. The summed E-state index contributed by atoms with van der Waals surface area (Å²) in [6.07, 6.45) is 1.74. The molecule has 0 aliphatic heterocycles. The molecule has 2 N–H and O–H groups in total. The van der Waals surface area contributed by atoms with Gasteiger partial charge in [0.2, 0.25) is 5.78 Å². The fourth-order valence-electron chi connectivity index (χ4n) is 1.89. The third kappa shape index (κ3) is 1.61. The number of carboxylic acids is 1. The van der Waals surface area contributed by atoms with E-state index in [0.29, 0.717) is 11.5 Å². The van der Waals surface area contributed by atoms with Gasteiger partial charge in [-0.25, -0.2) is 4.98 Å². The molecular weight excluding hydrogens is 286 g/mol. The number of benzene rings is 1. The number of aliphatic carboxylic acids is 1. The molecule has 1 aromatic carbocycles. The number of imidazole rings is 2. The van der Waals surface area contributed by atoms with E-state index < -0.39 is 5.97 Å². The number of aromatic nitrogens is 3. The van der Waals surface area contributed by atoms with Crippen LogP contribution in [-0.4, -0.2) is 25.4 Å². The van der Waals surface area contributed by atoms with Crippen LogP contribution in [0.1, 0.15) is 5.69 Å². The van der Waals surface area contributed by atoms with E-state index in [4.69, 9.17) is 5.11 Å². The molecule has 2 heterocycles. The Labute approximate surface area is 104 Å². The van der Waals surface area contributed by atoms with Crippen molar-refractivity contribution in [1.29, 1.82) is 0 Å². The maximum Gasteiger partial charge on any atom is 0.309 e. The number of hydrogen-bond donors (Lipinski definition) is 2. The number of fused-ring (bicyclic) bond motifs is 3. The summed E-state index contributed by atoms with van der Waals surface area (Å²) in [6.45, 7) is 0. The Balaban J connectivity index is 2.25. The van der Waals surface area contributed by atoms with Crippen LogP contribution in [0.3, 0.4) is 0 Å². The fourth-order valence-corrected chi connectivity index (χ4v) is 2.33. The van der Waals surface area contributed by atoms with E-state index in [-0.39, 0.29) is 6.42 Å². The van der Waals surface area contributed by atoms with Gasteiger partial charge in [0.15, 0.2) is 0 Å². The van der Waals surface area contributed by atoms with Gasteiger partial charge in [-0.15, -0.1) is 0 Å². The summed E-state index contributed by atoms with van der Waals surface area (Å²) in [4.78, 5) is 18.0. The molecule has 0 aliphatic rings. The fraction of sp³-hybridized carbons (Fsp3) is 0.0909.